The second kappa shape index (κ2) is 10.5. The lowest BCUT2D eigenvalue weighted by Crippen LogP contribution is -2.50. The minimum absolute atomic E-state index is 0. The van der Waals surface area contributed by atoms with Gasteiger partial charge in [-0.25, -0.2) is 4.79 Å². The molecule has 1 aromatic carbocycles. The highest BCUT2D eigenvalue weighted by Crippen LogP contribution is 2.12. The number of nitrogens with two attached hydrogens (primary N) is 1. The van der Waals surface area contributed by atoms with E-state index in [0.29, 0.717) is 5.56 Å². The molecule has 0 unspecified atom stereocenters. The summed E-state index contributed by atoms with van der Waals surface area (Å²) in [5.41, 5.74) is 6.16. The monoisotopic (exact) mass is 360 g/mol. The zero-order valence-electron chi connectivity index (χ0n) is 13.1. The normalized spacial score (nSPS) is 12.4. The van der Waals surface area contributed by atoms with Gasteiger partial charge in [-0.2, -0.15) is 0 Å². The second-order valence-corrected chi connectivity index (χ2v) is 4.89. The van der Waals surface area contributed by atoms with E-state index in [1.807, 2.05) is 0 Å². The quantitative estimate of drug-likeness (QED) is 0.486. The first-order chi connectivity index (χ1) is 10.8. The van der Waals surface area contributed by atoms with E-state index in [1.54, 1.807) is 19.1 Å². The van der Waals surface area contributed by atoms with E-state index in [0.717, 1.165) is 0 Å². The van der Waals surface area contributed by atoms with Crippen LogP contribution in [0.3, 0.4) is 0 Å². The number of nitrogens with one attached hydrogen (secondary N) is 1. The highest BCUT2D eigenvalue weighted by Gasteiger charge is 2.26. The van der Waals surface area contributed by atoms with Crippen molar-refractivity contribution in [1.29, 1.82) is 0 Å². The summed E-state index contributed by atoms with van der Waals surface area (Å²) >= 11 is 0. The first kappa shape index (κ1) is 21.7. The van der Waals surface area contributed by atoms with Gasteiger partial charge in [-0.3, -0.25) is 9.59 Å². The van der Waals surface area contributed by atoms with Crippen LogP contribution in [0.5, 0.6) is 5.75 Å². The number of carbonyl (C=O) groups is 3. The third kappa shape index (κ3) is 7.30. The van der Waals surface area contributed by atoms with Crippen LogP contribution in [-0.2, 0) is 25.5 Å². The van der Waals surface area contributed by atoms with Gasteiger partial charge in [0, 0.05) is 6.42 Å². The van der Waals surface area contributed by atoms with Gasteiger partial charge in [-0.05, 0) is 24.6 Å². The van der Waals surface area contributed by atoms with Crippen LogP contribution in [-0.4, -0.2) is 46.7 Å². The third-order valence-electron chi connectivity index (χ3n) is 3.00. The number of aromatic hydroxyl groups is 1. The van der Waals surface area contributed by atoms with Gasteiger partial charge in [-0.1, -0.05) is 12.1 Å². The minimum Gasteiger partial charge on any atom is -0.508 e. The zero-order chi connectivity index (χ0) is 17.4. The Balaban J connectivity index is 0.00000529. The number of rotatable bonds is 8. The maximum absolute atomic E-state index is 12.0. The van der Waals surface area contributed by atoms with Crippen LogP contribution in [0.15, 0.2) is 24.3 Å². The Bertz CT molecular complexity index is 564. The summed E-state index contributed by atoms with van der Waals surface area (Å²) in [5.74, 6) is -2.52. The molecule has 0 spiro atoms. The molecule has 0 saturated heterocycles. The first-order valence-corrected chi connectivity index (χ1v) is 7.05. The van der Waals surface area contributed by atoms with Crippen molar-refractivity contribution in [1.82, 2.24) is 5.32 Å². The molecule has 9 heteroatoms. The molecule has 0 heterocycles. The molecule has 0 saturated carbocycles. The predicted octanol–water partition coefficient (Wildman–Crippen LogP) is 0.206. The van der Waals surface area contributed by atoms with Crippen molar-refractivity contribution in [3.8, 4) is 5.75 Å². The summed E-state index contributed by atoms with van der Waals surface area (Å²) in [7, 11) is 0. The molecule has 8 nitrogen and oxygen atoms in total. The van der Waals surface area contributed by atoms with E-state index in [2.05, 4.69) is 5.32 Å². The average molecular weight is 361 g/mol. The lowest BCUT2D eigenvalue weighted by atomic mass is 10.0. The van der Waals surface area contributed by atoms with Crippen molar-refractivity contribution in [3.05, 3.63) is 29.8 Å². The van der Waals surface area contributed by atoms with Gasteiger partial charge in [0.25, 0.3) is 0 Å². The van der Waals surface area contributed by atoms with E-state index in [9.17, 15) is 19.5 Å². The second-order valence-electron chi connectivity index (χ2n) is 4.89. The van der Waals surface area contributed by atoms with Crippen LogP contribution < -0.4 is 11.1 Å². The molecule has 24 heavy (non-hydrogen) atoms. The van der Waals surface area contributed by atoms with Crippen LogP contribution in [0.25, 0.3) is 0 Å². The maximum atomic E-state index is 12.0. The predicted molar refractivity (Wildman–Crippen MR) is 87.9 cm³/mol. The zero-order valence-corrected chi connectivity index (χ0v) is 13.9. The van der Waals surface area contributed by atoms with Crippen molar-refractivity contribution in [3.63, 3.8) is 0 Å². The van der Waals surface area contributed by atoms with E-state index in [-0.39, 0.29) is 31.2 Å². The standard InChI is InChI=1S/C15H20N2O6.ClH/c1-2-23-15(22)12(7-9-3-5-10(18)6-4-9)17-14(21)11(16)8-13(19)20;/h3-6,11-12,18H,2,7-8,16H2,1H3,(H,17,21)(H,19,20);1H/t11-,12-;/m0./s1. The Kier molecular flexibility index (Phi) is 9.44. The van der Waals surface area contributed by atoms with Crippen molar-refractivity contribution >= 4 is 30.3 Å². The van der Waals surface area contributed by atoms with E-state index in [4.69, 9.17) is 15.6 Å². The molecule has 134 valence electrons. The van der Waals surface area contributed by atoms with Gasteiger partial charge in [0.15, 0.2) is 0 Å². The number of amides is 1. The number of ether oxygens (including phenoxy) is 1. The van der Waals surface area contributed by atoms with Crippen LogP contribution in [0.4, 0.5) is 0 Å². The molecular weight excluding hydrogens is 340 g/mol. The maximum Gasteiger partial charge on any atom is 0.328 e. The number of halogens is 1. The molecule has 1 aromatic rings. The largest absolute Gasteiger partial charge is 0.508 e. The smallest absolute Gasteiger partial charge is 0.328 e. The molecule has 0 aliphatic rings. The number of phenolic OH excluding ortho intramolecular Hbond substituents is 1. The molecule has 5 N–H and O–H groups in total. The molecule has 1 rings (SSSR count). The van der Waals surface area contributed by atoms with E-state index >= 15 is 0 Å². The van der Waals surface area contributed by atoms with Crippen LogP contribution in [0.2, 0.25) is 0 Å². The lowest BCUT2D eigenvalue weighted by molar-refractivity contribution is -0.147. The van der Waals surface area contributed by atoms with Crippen LogP contribution in [0.1, 0.15) is 18.9 Å². The highest BCUT2D eigenvalue weighted by atomic mass is 35.5. The summed E-state index contributed by atoms with van der Waals surface area (Å²) in [4.78, 5) is 34.4. The van der Waals surface area contributed by atoms with Crippen LogP contribution in [0, 0.1) is 0 Å². The van der Waals surface area contributed by atoms with Crippen molar-refractivity contribution in [2.24, 2.45) is 5.73 Å². The Morgan fingerprint density at radius 1 is 1.25 bits per heavy atom. The van der Waals surface area contributed by atoms with Crippen molar-refractivity contribution < 1.29 is 29.3 Å². The van der Waals surface area contributed by atoms with Gasteiger partial charge in [0.2, 0.25) is 5.91 Å². The topological polar surface area (TPSA) is 139 Å². The molecule has 2 atom stereocenters. The summed E-state index contributed by atoms with van der Waals surface area (Å²) in [6.07, 6.45) is -0.411. The third-order valence-corrected chi connectivity index (χ3v) is 3.00. The average Bonchev–Trinajstić information content (AvgIpc) is 2.48. The Hall–Kier alpha value is -2.32. The number of benzene rings is 1. The number of hydrogen-bond acceptors (Lipinski definition) is 6. The molecule has 0 aliphatic heterocycles. The Morgan fingerprint density at radius 3 is 2.33 bits per heavy atom. The summed E-state index contributed by atoms with van der Waals surface area (Å²) < 4.78 is 4.90. The molecule has 0 aromatic heterocycles. The summed E-state index contributed by atoms with van der Waals surface area (Å²) in [6, 6.07) is 3.86. The fourth-order valence-corrected chi connectivity index (χ4v) is 1.86. The Labute approximate surface area is 145 Å². The fraction of sp³-hybridized carbons (Fsp3) is 0.400. The van der Waals surface area contributed by atoms with Crippen molar-refractivity contribution in [2.75, 3.05) is 6.61 Å². The molecule has 0 radical (unpaired) electrons. The fourth-order valence-electron chi connectivity index (χ4n) is 1.86. The minimum atomic E-state index is -1.26. The molecule has 0 bridgehead atoms. The molecule has 0 fully saturated rings. The molecular formula is C15H21ClN2O6. The Morgan fingerprint density at radius 2 is 1.83 bits per heavy atom. The number of esters is 1. The number of phenols is 1. The number of carbonyl (C=O) groups excluding carboxylic acids is 2. The number of hydrogen-bond donors (Lipinski definition) is 4. The van der Waals surface area contributed by atoms with Gasteiger partial charge in [-0.15, -0.1) is 12.4 Å². The highest BCUT2D eigenvalue weighted by molar-refractivity contribution is 5.89. The van der Waals surface area contributed by atoms with E-state index in [1.165, 1.54) is 12.1 Å². The SMILES string of the molecule is CCOC(=O)[C@H](Cc1ccc(O)cc1)NC(=O)[C@@H](N)CC(=O)O.Cl. The number of carboxylic acid groups (broad SMARTS) is 1. The number of carboxylic acids is 1. The van der Waals surface area contributed by atoms with Gasteiger partial charge in [0.05, 0.1) is 19.1 Å². The lowest BCUT2D eigenvalue weighted by Gasteiger charge is -2.19. The molecule has 1 amide bonds. The first-order valence-electron chi connectivity index (χ1n) is 7.05. The summed E-state index contributed by atoms with van der Waals surface area (Å²) in [6.45, 7) is 1.77. The summed E-state index contributed by atoms with van der Waals surface area (Å²) in [5, 5.41) is 20.3. The van der Waals surface area contributed by atoms with Crippen LogP contribution >= 0.6 is 12.4 Å². The van der Waals surface area contributed by atoms with E-state index < -0.39 is 36.4 Å². The van der Waals surface area contributed by atoms with Gasteiger partial charge < -0.3 is 26.0 Å². The van der Waals surface area contributed by atoms with Gasteiger partial charge >= 0.3 is 11.9 Å². The number of aliphatic carboxylic acids is 1. The van der Waals surface area contributed by atoms with Gasteiger partial charge in [0.1, 0.15) is 11.8 Å². The van der Waals surface area contributed by atoms with Crippen molar-refractivity contribution in [2.45, 2.75) is 31.8 Å². The molecule has 0 aliphatic carbocycles.